The molecule has 0 spiro atoms. The Morgan fingerprint density at radius 2 is 1.76 bits per heavy atom. The van der Waals surface area contributed by atoms with E-state index in [0.717, 1.165) is 5.56 Å². The highest BCUT2D eigenvalue weighted by Crippen LogP contribution is 2.17. The van der Waals surface area contributed by atoms with E-state index in [-0.39, 0.29) is 18.7 Å². The zero-order valence-corrected chi connectivity index (χ0v) is 12.2. The molecule has 2 aromatic carbocycles. The molecule has 0 radical (unpaired) electrons. The Labute approximate surface area is 128 Å². The fourth-order valence-electron chi connectivity index (χ4n) is 2.00. The third-order valence-electron chi connectivity index (χ3n) is 3.03. The molecule has 21 heavy (non-hydrogen) atoms. The zero-order chi connectivity index (χ0) is 15.1. The standard InChI is InChI=1S/C16H17ClN2O2/c17-13-6-8-14(9-7-13)18-16(21)19-15(10-11-20)12-4-2-1-3-5-12/h1-9,15,20H,10-11H2,(H2,18,19,21)/t15-/m1/s1. The second kappa shape index (κ2) is 7.67. The van der Waals surface area contributed by atoms with Crippen molar-refractivity contribution >= 4 is 23.3 Å². The van der Waals surface area contributed by atoms with Gasteiger partial charge in [-0.25, -0.2) is 4.79 Å². The number of rotatable bonds is 5. The van der Waals surface area contributed by atoms with Crippen molar-refractivity contribution in [1.29, 1.82) is 0 Å². The predicted octanol–water partition coefficient (Wildman–Crippen LogP) is 3.59. The second-order valence-electron chi connectivity index (χ2n) is 4.58. The molecule has 0 aromatic heterocycles. The van der Waals surface area contributed by atoms with E-state index < -0.39 is 0 Å². The number of aliphatic hydroxyl groups is 1. The van der Waals surface area contributed by atoms with Crippen molar-refractivity contribution < 1.29 is 9.90 Å². The van der Waals surface area contributed by atoms with Crippen LogP contribution in [0.25, 0.3) is 0 Å². The van der Waals surface area contributed by atoms with Gasteiger partial charge in [0, 0.05) is 17.3 Å². The number of carbonyl (C=O) groups excluding carboxylic acids is 1. The fourth-order valence-corrected chi connectivity index (χ4v) is 2.12. The van der Waals surface area contributed by atoms with Gasteiger partial charge >= 0.3 is 6.03 Å². The molecule has 2 rings (SSSR count). The van der Waals surface area contributed by atoms with Crippen molar-refractivity contribution in [3.05, 3.63) is 65.2 Å². The molecule has 0 aliphatic heterocycles. The van der Waals surface area contributed by atoms with E-state index in [1.54, 1.807) is 24.3 Å². The van der Waals surface area contributed by atoms with E-state index in [1.165, 1.54) is 0 Å². The number of hydrogen-bond donors (Lipinski definition) is 3. The summed E-state index contributed by atoms with van der Waals surface area (Å²) in [6, 6.07) is 15.9. The quantitative estimate of drug-likeness (QED) is 0.790. The van der Waals surface area contributed by atoms with Crippen LogP contribution in [-0.2, 0) is 0 Å². The average Bonchev–Trinajstić information content (AvgIpc) is 2.50. The molecule has 0 saturated carbocycles. The van der Waals surface area contributed by atoms with Crippen molar-refractivity contribution in [3.8, 4) is 0 Å². The lowest BCUT2D eigenvalue weighted by atomic mass is 10.0. The smallest absolute Gasteiger partial charge is 0.319 e. The Morgan fingerprint density at radius 1 is 1.10 bits per heavy atom. The molecule has 2 aromatic rings. The number of hydrogen-bond acceptors (Lipinski definition) is 2. The Kier molecular flexibility index (Phi) is 5.60. The minimum atomic E-state index is -0.320. The summed E-state index contributed by atoms with van der Waals surface area (Å²) in [5.74, 6) is 0. The topological polar surface area (TPSA) is 61.4 Å². The predicted molar refractivity (Wildman–Crippen MR) is 84.5 cm³/mol. The normalized spacial score (nSPS) is 11.7. The fraction of sp³-hybridized carbons (Fsp3) is 0.188. The maximum atomic E-state index is 12.0. The highest BCUT2D eigenvalue weighted by Gasteiger charge is 2.13. The van der Waals surface area contributed by atoms with Gasteiger partial charge in [-0.3, -0.25) is 0 Å². The number of nitrogens with one attached hydrogen (secondary N) is 2. The van der Waals surface area contributed by atoms with Crippen molar-refractivity contribution in [3.63, 3.8) is 0 Å². The molecule has 0 heterocycles. The molecule has 0 bridgehead atoms. The minimum absolute atomic E-state index is 0.000780. The number of amides is 2. The monoisotopic (exact) mass is 304 g/mol. The van der Waals surface area contributed by atoms with E-state index >= 15 is 0 Å². The van der Waals surface area contributed by atoms with Gasteiger partial charge in [0.15, 0.2) is 0 Å². The molecule has 1 atom stereocenters. The molecule has 0 saturated heterocycles. The maximum absolute atomic E-state index is 12.0. The summed E-state index contributed by atoms with van der Waals surface area (Å²) < 4.78 is 0. The highest BCUT2D eigenvalue weighted by atomic mass is 35.5. The largest absolute Gasteiger partial charge is 0.396 e. The third kappa shape index (κ3) is 4.77. The van der Waals surface area contributed by atoms with Crippen molar-refractivity contribution in [2.45, 2.75) is 12.5 Å². The number of benzene rings is 2. The molecule has 0 unspecified atom stereocenters. The van der Waals surface area contributed by atoms with E-state index in [4.69, 9.17) is 16.7 Å². The molecule has 3 N–H and O–H groups in total. The first-order valence-electron chi connectivity index (χ1n) is 6.68. The Balaban J connectivity index is 2.00. The highest BCUT2D eigenvalue weighted by molar-refractivity contribution is 6.30. The first-order chi connectivity index (χ1) is 10.2. The zero-order valence-electron chi connectivity index (χ0n) is 11.4. The molecule has 2 amide bonds. The van der Waals surface area contributed by atoms with Crippen molar-refractivity contribution in [2.24, 2.45) is 0 Å². The summed E-state index contributed by atoms with van der Waals surface area (Å²) in [4.78, 5) is 12.0. The molecule has 110 valence electrons. The summed E-state index contributed by atoms with van der Waals surface area (Å²) in [7, 11) is 0. The number of carbonyl (C=O) groups is 1. The van der Waals surface area contributed by atoms with Gasteiger partial charge in [0.05, 0.1) is 6.04 Å². The Bertz CT molecular complexity index is 573. The van der Waals surface area contributed by atoms with Gasteiger partial charge in [-0.2, -0.15) is 0 Å². The van der Waals surface area contributed by atoms with Gasteiger partial charge < -0.3 is 15.7 Å². The molecule has 0 aliphatic carbocycles. The van der Waals surface area contributed by atoms with Gasteiger partial charge in [-0.05, 0) is 36.2 Å². The molecule has 0 aliphatic rings. The van der Waals surface area contributed by atoms with Crippen LogP contribution < -0.4 is 10.6 Å². The van der Waals surface area contributed by atoms with E-state index in [1.807, 2.05) is 30.3 Å². The SMILES string of the molecule is O=C(Nc1ccc(Cl)cc1)N[C@H](CCO)c1ccccc1. The van der Waals surface area contributed by atoms with Crippen LogP contribution in [-0.4, -0.2) is 17.7 Å². The number of halogens is 1. The molecular weight excluding hydrogens is 288 g/mol. The van der Waals surface area contributed by atoms with Crippen LogP contribution in [0.1, 0.15) is 18.0 Å². The van der Waals surface area contributed by atoms with Crippen LogP contribution in [0.3, 0.4) is 0 Å². The van der Waals surface area contributed by atoms with Gasteiger partial charge in [0.2, 0.25) is 0 Å². The maximum Gasteiger partial charge on any atom is 0.319 e. The Morgan fingerprint density at radius 3 is 2.38 bits per heavy atom. The number of aliphatic hydroxyl groups excluding tert-OH is 1. The molecular formula is C16H17ClN2O2. The van der Waals surface area contributed by atoms with Crippen molar-refractivity contribution in [2.75, 3.05) is 11.9 Å². The van der Waals surface area contributed by atoms with Crippen LogP contribution >= 0.6 is 11.6 Å². The lowest BCUT2D eigenvalue weighted by molar-refractivity contribution is 0.239. The Hall–Kier alpha value is -2.04. The van der Waals surface area contributed by atoms with E-state index in [2.05, 4.69) is 10.6 Å². The van der Waals surface area contributed by atoms with Crippen LogP contribution in [0.5, 0.6) is 0 Å². The van der Waals surface area contributed by atoms with Gasteiger partial charge in [-0.1, -0.05) is 41.9 Å². The number of urea groups is 1. The first-order valence-corrected chi connectivity index (χ1v) is 7.05. The van der Waals surface area contributed by atoms with Crippen LogP contribution in [0.15, 0.2) is 54.6 Å². The van der Waals surface area contributed by atoms with Gasteiger partial charge in [0.1, 0.15) is 0 Å². The molecule has 4 nitrogen and oxygen atoms in total. The van der Waals surface area contributed by atoms with E-state index in [0.29, 0.717) is 17.1 Å². The van der Waals surface area contributed by atoms with Gasteiger partial charge in [0.25, 0.3) is 0 Å². The first kappa shape index (κ1) is 15.4. The summed E-state index contributed by atoms with van der Waals surface area (Å²) in [5.41, 5.74) is 1.62. The van der Waals surface area contributed by atoms with Gasteiger partial charge in [-0.15, -0.1) is 0 Å². The van der Waals surface area contributed by atoms with Crippen LogP contribution in [0.2, 0.25) is 5.02 Å². The molecule has 0 fully saturated rings. The van der Waals surface area contributed by atoms with Crippen LogP contribution in [0, 0.1) is 0 Å². The minimum Gasteiger partial charge on any atom is -0.396 e. The lowest BCUT2D eigenvalue weighted by Crippen LogP contribution is -2.33. The van der Waals surface area contributed by atoms with Crippen LogP contribution in [0.4, 0.5) is 10.5 Å². The number of anilines is 1. The van der Waals surface area contributed by atoms with Crippen molar-refractivity contribution in [1.82, 2.24) is 5.32 Å². The lowest BCUT2D eigenvalue weighted by Gasteiger charge is -2.18. The second-order valence-corrected chi connectivity index (χ2v) is 5.02. The average molecular weight is 305 g/mol. The summed E-state index contributed by atoms with van der Waals surface area (Å²) in [6.07, 6.45) is 0.456. The summed E-state index contributed by atoms with van der Waals surface area (Å²) >= 11 is 5.80. The summed E-state index contributed by atoms with van der Waals surface area (Å²) in [5, 5.41) is 15.4. The summed E-state index contributed by atoms with van der Waals surface area (Å²) in [6.45, 7) is 0.000780. The molecule has 5 heteroatoms. The van der Waals surface area contributed by atoms with E-state index in [9.17, 15) is 4.79 Å². The third-order valence-corrected chi connectivity index (χ3v) is 3.28.